The van der Waals surface area contributed by atoms with Gasteiger partial charge in [0.25, 0.3) is 0 Å². The normalized spacial score (nSPS) is 12.2. The molecule has 0 saturated carbocycles. The van der Waals surface area contributed by atoms with Crippen molar-refractivity contribution in [3.05, 3.63) is 63.3 Å². The molecule has 2 aromatic carbocycles. The van der Waals surface area contributed by atoms with E-state index >= 15 is 0 Å². The quantitative estimate of drug-likeness (QED) is 0.647. The Morgan fingerprint density at radius 3 is 2.82 bits per heavy atom. The fourth-order valence-corrected chi connectivity index (χ4v) is 2.73. The highest BCUT2D eigenvalue weighted by atomic mass is 79.9. The monoisotopic (exact) mass is 385 g/mol. The van der Waals surface area contributed by atoms with Gasteiger partial charge in [0, 0.05) is 21.6 Å². The van der Waals surface area contributed by atoms with Crippen molar-refractivity contribution < 1.29 is 9.13 Å². The fourth-order valence-electron chi connectivity index (χ4n) is 2.09. The number of hydrogen-bond acceptors (Lipinski definition) is 2. The van der Waals surface area contributed by atoms with Crippen LogP contribution in [-0.2, 0) is 0 Å². The predicted molar refractivity (Wildman–Crippen MR) is 92.1 cm³/mol. The van der Waals surface area contributed by atoms with Gasteiger partial charge in [-0.25, -0.2) is 4.39 Å². The first kappa shape index (κ1) is 17.3. The summed E-state index contributed by atoms with van der Waals surface area (Å²) in [5.74, 6) is 0.229. The number of nitrogens with one attached hydrogen (secondary N) is 1. The fraction of sp³-hybridized carbons (Fsp3) is 0.294. The van der Waals surface area contributed by atoms with Crippen LogP contribution in [0.25, 0.3) is 0 Å². The van der Waals surface area contributed by atoms with Gasteiger partial charge >= 0.3 is 0 Å². The van der Waals surface area contributed by atoms with Crippen molar-refractivity contribution in [1.82, 2.24) is 5.32 Å². The Morgan fingerprint density at radius 1 is 1.27 bits per heavy atom. The Hall–Kier alpha value is -1.10. The van der Waals surface area contributed by atoms with Gasteiger partial charge < -0.3 is 10.1 Å². The highest BCUT2D eigenvalue weighted by Crippen LogP contribution is 2.21. The van der Waals surface area contributed by atoms with E-state index in [2.05, 4.69) is 28.2 Å². The summed E-state index contributed by atoms with van der Waals surface area (Å²) in [5.41, 5.74) is 1.16. The van der Waals surface area contributed by atoms with Crippen LogP contribution in [0.4, 0.5) is 4.39 Å². The molecule has 1 N–H and O–H groups in total. The molecule has 0 aliphatic carbocycles. The molecule has 1 atom stereocenters. The second-order valence-electron chi connectivity index (χ2n) is 5.04. The lowest BCUT2D eigenvalue weighted by Gasteiger charge is -2.14. The van der Waals surface area contributed by atoms with Crippen LogP contribution in [-0.4, -0.2) is 13.2 Å². The van der Waals surface area contributed by atoms with Gasteiger partial charge in [0.2, 0.25) is 0 Å². The molecule has 0 bridgehead atoms. The number of halogens is 3. The molecule has 0 heterocycles. The average Bonchev–Trinajstić information content (AvgIpc) is 2.45. The molecule has 0 aliphatic rings. The first-order chi connectivity index (χ1) is 10.5. The first-order valence-corrected chi connectivity index (χ1v) is 8.29. The van der Waals surface area contributed by atoms with Gasteiger partial charge in [-0.3, -0.25) is 0 Å². The summed E-state index contributed by atoms with van der Waals surface area (Å²) >= 11 is 9.23. The molecule has 0 aliphatic heterocycles. The van der Waals surface area contributed by atoms with E-state index in [9.17, 15) is 4.39 Å². The van der Waals surface area contributed by atoms with Crippen molar-refractivity contribution in [1.29, 1.82) is 0 Å². The molecule has 0 aromatic heterocycles. The summed E-state index contributed by atoms with van der Waals surface area (Å²) in [6, 6.07) is 12.6. The number of benzene rings is 2. The van der Waals surface area contributed by atoms with E-state index in [-0.39, 0.29) is 11.9 Å². The molecule has 0 fully saturated rings. The molecule has 5 heteroatoms. The van der Waals surface area contributed by atoms with Gasteiger partial charge in [-0.1, -0.05) is 39.7 Å². The minimum absolute atomic E-state index is 0.224. The maximum atomic E-state index is 13.2. The van der Waals surface area contributed by atoms with Crippen LogP contribution < -0.4 is 10.1 Å². The van der Waals surface area contributed by atoms with E-state index < -0.39 is 0 Å². The van der Waals surface area contributed by atoms with E-state index in [0.717, 1.165) is 23.6 Å². The molecule has 2 nitrogen and oxygen atoms in total. The van der Waals surface area contributed by atoms with Crippen LogP contribution in [0, 0.1) is 5.82 Å². The Morgan fingerprint density at radius 2 is 2.09 bits per heavy atom. The lowest BCUT2D eigenvalue weighted by atomic mass is 10.1. The Balaban J connectivity index is 1.71. The predicted octanol–water partition coefficient (Wildman–Crippen LogP) is 5.36. The molecular formula is C17H18BrClFNO. The second kappa shape index (κ2) is 8.51. The molecular weight excluding hydrogens is 369 g/mol. The van der Waals surface area contributed by atoms with Crippen molar-refractivity contribution >= 4 is 27.5 Å². The Bertz CT molecular complexity index is 603. The van der Waals surface area contributed by atoms with Crippen molar-refractivity contribution in [2.45, 2.75) is 19.4 Å². The SMILES string of the molecule is CC(NCCCOc1cc(F)cc(Br)c1)c1cccc(Cl)c1. The van der Waals surface area contributed by atoms with Crippen molar-refractivity contribution in [2.24, 2.45) is 0 Å². The molecule has 0 radical (unpaired) electrons. The summed E-state index contributed by atoms with van der Waals surface area (Å²) in [5, 5.41) is 4.15. The second-order valence-corrected chi connectivity index (χ2v) is 6.39. The molecule has 0 amide bonds. The van der Waals surface area contributed by atoms with Gasteiger partial charge in [-0.05, 0) is 49.7 Å². The third kappa shape index (κ3) is 5.59. The van der Waals surface area contributed by atoms with Gasteiger partial charge in [0.15, 0.2) is 0 Å². The minimum atomic E-state index is -0.308. The summed E-state index contributed by atoms with van der Waals surface area (Å²) in [6.07, 6.45) is 0.832. The zero-order valence-corrected chi connectivity index (χ0v) is 14.6. The lowest BCUT2D eigenvalue weighted by molar-refractivity contribution is 0.304. The third-order valence-electron chi connectivity index (χ3n) is 3.23. The molecule has 0 saturated heterocycles. The van der Waals surface area contributed by atoms with Crippen LogP contribution in [0.1, 0.15) is 24.9 Å². The lowest BCUT2D eigenvalue weighted by Crippen LogP contribution is -2.21. The smallest absolute Gasteiger partial charge is 0.128 e. The van der Waals surface area contributed by atoms with Gasteiger partial charge in [0.1, 0.15) is 11.6 Å². The van der Waals surface area contributed by atoms with Crippen molar-refractivity contribution in [3.63, 3.8) is 0 Å². The summed E-state index contributed by atoms with van der Waals surface area (Å²) in [6.45, 7) is 3.44. The van der Waals surface area contributed by atoms with Crippen LogP contribution in [0.15, 0.2) is 46.9 Å². The van der Waals surface area contributed by atoms with Crippen LogP contribution in [0.3, 0.4) is 0 Å². The van der Waals surface area contributed by atoms with E-state index in [1.54, 1.807) is 6.07 Å². The van der Waals surface area contributed by atoms with E-state index in [1.165, 1.54) is 12.1 Å². The molecule has 2 aromatic rings. The summed E-state index contributed by atoms with van der Waals surface area (Å²) in [7, 11) is 0. The molecule has 1 unspecified atom stereocenters. The largest absolute Gasteiger partial charge is 0.493 e. The number of rotatable bonds is 7. The first-order valence-electron chi connectivity index (χ1n) is 7.12. The van der Waals surface area contributed by atoms with E-state index in [0.29, 0.717) is 16.8 Å². The highest BCUT2D eigenvalue weighted by molar-refractivity contribution is 9.10. The maximum absolute atomic E-state index is 13.2. The zero-order chi connectivity index (χ0) is 15.9. The number of hydrogen-bond donors (Lipinski definition) is 1. The standard InChI is InChI=1S/C17H18BrClFNO/c1-12(13-4-2-5-15(19)8-13)21-6-3-7-22-17-10-14(18)9-16(20)11-17/h2,4-5,8-12,21H,3,6-7H2,1H3. The summed E-state index contributed by atoms with van der Waals surface area (Å²) in [4.78, 5) is 0. The van der Waals surface area contributed by atoms with Crippen LogP contribution in [0.2, 0.25) is 5.02 Å². The minimum Gasteiger partial charge on any atom is -0.493 e. The molecule has 22 heavy (non-hydrogen) atoms. The average molecular weight is 387 g/mol. The topological polar surface area (TPSA) is 21.3 Å². The van der Waals surface area contributed by atoms with Crippen molar-refractivity contribution in [2.75, 3.05) is 13.2 Å². The van der Waals surface area contributed by atoms with Crippen LogP contribution >= 0.6 is 27.5 Å². The Kier molecular flexibility index (Phi) is 6.68. The molecule has 0 spiro atoms. The van der Waals surface area contributed by atoms with E-state index in [1.807, 2.05) is 24.3 Å². The Labute approximate surface area is 143 Å². The van der Waals surface area contributed by atoms with Gasteiger partial charge in [0.05, 0.1) is 6.61 Å². The number of ether oxygens (including phenoxy) is 1. The maximum Gasteiger partial charge on any atom is 0.128 e. The van der Waals surface area contributed by atoms with Gasteiger partial charge in [-0.15, -0.1) is 0 Å². The third-order valence-corrected chi connectivity index (χ3v) is 3.92. The van der Waals surface area contributed by atoms with E-state index in [4.69, 9.17) is 16.3 Å². The molecule has 118 valence electrons. The molecule has 2 rings (SSSR count). The van der Waals surface area contributed by atoms with Crippen LogP contribution in [0.5, 0.6) is 5.75 Å². The van der Waals surface area contributed by atoms with Gasteiger partial charge in [-0.2, -0.15) is 0 Å². The van der Waals surface area contributed by atoms with Crippen molar-refractivity contribution in [3.8, 4) is 5.75 Å². The summed E-state index contributed by atoms with van der Waals surface area (Å²) < 4.78 is 19.4. The zero-order valence-electron chi connectivity index (χ0n) is 12.3. The highest BCUT2D eigenvalue weighted by Gasteiger charge is 2.05.